The third-order valence-electron chi connectivity index (χ3n) is 1.89. The summed E-state index contributed by atoms with van der Waals surface area (Å²) in [5, 5.41) is 3.86. The molecular formula is C10H8INO2. The van der Waals surface area contributed by atoms with Gasteiger partial charge in [0, 0.05) is 11.6 Å². The number of aromatic nitrogens is 1. The van der Waals surface area contributed by atoms with E-state index in [0.29, 0.717) is 0 Å². The van der Waals surface area contributed by atoms with Crippen molar-refractivity contribution in [1.82, 2.24) is 5.16 Å². The van der Waals surface area contributed by atoms with E-state index in [9.17, 15) is 0 Å². The highest BCUT2D eigenvalue weighted by atomic mass is 127. The van der Waals surface area contributed by atoms with E-state index in [0.717, 1.165) is 20.6 Å². The topological polar surface area (TPSA) is 35.3 Å². The normalized spacial score (nSPS) is 10.1. The fraction of sp³-hybridized carbons (Fsp3) is 0.100. The molecule has 1 aromatic heterocycles. The maximum atomic E-state index is 5.17. The molecule has 0 amide bonds. The highest BCUT2D eigenvalue weighted by Crippen LogP contribution is 2.26. The van der Waals surface area contributed by atoms with Crippen LogP contribution in [0.4, 0.5) is 0 Å². The number of ether oxygens (including phenoxy) is 1. The second-order valence-electron chi connectivity index (χ2n) is 2.73. The van der Waals surface area contributed by atoms with Gasteiger partial charge in [-0.1, -0.05) is 5.16 Å². The summed E-state index contributed by atoms with van der Waals surface area (Å²) >= 11 is 2.23. The zero-order valence-corrected chi connectivity index (χ0v) is 9.69. The van der Waals surface area contributed by atoms with E-state index < -0.39 is 0 Å². The molecule has 2 rings (SSSR count). The van der Waals surface area contributed by atoms with Gasteiger partial charge in [0.2, 0.25) is 0 Å². The maximum Gasteiger partial charge on any atom is 0.132 e. The van der Waals surface area contributed by atoms with Crippen molar-refractivity contribution in [2.75, 3.05) is 7.11 Å². The Labute approximate surface area is 95.2 Å². The Kier molecular flexibility index (Phi) is 2.72. The number of halogens is 1. The van der Waals surface area contributed by atoms with E-state index in [2.05, 4.69) is 27.7 Å². The van der Waals surface area contributed by atoms with Crippen molar-refractivity contribution < 1.29 is 9.26 Å². The third-order valence-corrected chi connectivity index (χ3v) is 2.73. The maximum absolute atomic E-state index is 5.17. The molecule has 0 spiro atoms. The van der Waals surface area contributed by atoms with Gasteiger partial charge in [0.1, 0.15) is 17.7 Å². The van der Waals surface area contributed by atoms with E-state index in [1.54, 1.807) is 13.4 Å². The van der Waals surface area contributed by atoms with Gasteiger partial charge in [-0.15, -0.1) is 0 Å². The molecule has 0 fully saturated rings. The molecule has 0 saturated heterocycles. The van der Waals surface area contributed by atoms with Crippen LogP contribution in [0.15, 0.2) is 35.1 Å². The van der Waals surface area contributed by atoms with Gasteiger partial charge < -0.3 is 9.26 Å². The SMILES string of the molecule is COc1ccc(-c2ccon2)cc1I. The van der Waals surface area contributed by atoms with Crippen LogP contribution in [0.5, 0.6) is 5.75 Å². The smallest absolute Gasteiger partial charge is 0.132 e. The standard InChI is InChI=1S/C10H8INO2/c1-13-10-3-2-7(6-8(10)11)9-4-5-14-12-9/h2-6H,1H3. The lowest BCUT2D eigenvalue weighted by molar-refractivity contribution is 0.411. The number of methoxy groups -OCH3 is 1. The van der Waals surface area contributed by atoms with Crippen LogP contribution in [0, 0.1) is 3.57 Å². The lowest BCUT2D eigenvalue weighted by Gasteiger charge is -2.03. The lowest BCUT2D eigenvalue weighted by Crippen LogP contribution is -1.87. The zero-order valence-electron chi connectivity index (χ0n) is 7.53. The number of hydrogen-bond acceptors (Lipinski definition) is 3. The molecule has 2 aromatic rings. The molecular weight excluding hydrogens is 293 g/mol. The van der Waals surface area contributed by atoms with Gasteiger partial charge in [-0.25, -0.2) is 0 Å². The van der Waals surface area contributed by atoms with Gasteiger partial charge in [0.25, 0.3) is 0 Å². The predicted molar refractivity (Wildman–Crippen MR) is 61.2 cm³/mol. The van der Waals surface area contributed by atoms with Crippen LogP contribution in [-0.2, 0) is 0 Å². The average molecular weight is 301 g/mol. The van der Waals surface area contributed by atoms with Crippen molar-refractivity contribution in [3.63, 3.8) is 0 Å². The van der Waals surface area contributed by atoms with Crippen molar-refractivity contribution in [3.05, 3.63) is 34.1 Å². The zero-order chi connectivity index (χ0) is 9.97. The van der Waals surface area contributed by atoms with E-state index in [1.807, 2.05) is 24.3 Å². The van der Waals surface area contributed by atoms with Crippen molar-refractivity contribution >= 4 is 22.6 Å². The monoisotopic (exact) mass is 301 g/mol. The lowest BCUT2D eigenvalue weighted by atomic mass is 10.1. The van der Waals surface area contributed by atoms with Crippen LogP contribution in [0.2, 0.25) is 0 Å². The van der Waals surface area contributed by atoms with E-state index in [-0.39, 0.29) is 0 Å². The fourth-order valence-corrected chi connectivity index (χ4v) is 1.92. The average Bonchev–Trinajstić information content (AvgIpc) is 2.70. The van der Waals surface area contributed by atoms with Gasteiger partial charge in [-0.05, 0) is 40.8 Å². The minimum absolute atomic E-state index is 0.838. The minimum atomic E-state index is 0.838. The molecule has 0 aliphatic rings. The van der Waals surface area contributed by atoms with Crippen LogP contribution in [0.1, 0.15) is 0 Å². The predicted octanol–water partition coefficient (Wildman–Crippen LogP) is 2.95. The molecule has 0 N–H and O–H groups in total. The summed E-state index contributed by atoms with van der Waals surface area (Å²) in [6.45, 7) is 0. The largest absolute Gasteiger partial charge is 0.496 e. The quantitative estimate of drug-likeness (QED) is 0.800. The van der Waals surface area contributed by atoms with Crippen LogP contribution in [-0.4, -0.2) is 12.3 Å². The highest BCUT2D eigenvalue weighted by molar-refractivity contribution is 14.1. The first kappa shape index (κ1) is 9.51. The fourth-order valence-electron chi connectivity index (χ4n) is 1.19. The molecule has 1 heterocycles. The first-order valence-corrected chi connectivity index (χ1v) is 5.13. The molecule has 0 unspecified atom stereocenters. The molecule has 0 radical (unpaired) electrons. The summed E-state index contributed by atoms with van der Waals surface area (Å²) in [7, 11) is 1.66. The molecule has 0 bridgehead atoms. The van der Waals surface area contributed by atoms with E-state index in [4.69, 9.17) is 9.26 Å². The molecule has 0 atom stereocenters. The van der Waals surface area contributed by atoms with Crippen molar-refractivity contribution in [3.8, 4) is 17.0 Å². The Bertz CT molecular complexity index is 426. The number of benzene rings is 1. The number of hydrogen-bond donors (Lipinski definition) is 0. The Morgan fingerprint density at radius 2 is 2.21 bits per heavy atom. The second-order valence-corrected chi connectivity index (χ2v) is 3.90. The summed E-state index contributed by atoms with van der Waals surface area (Å²) in [4.78, 5) is 0. The molecule has 0 saturated carbocycles. The summed E-state index contributed by atoms with van der Waals surface area (Å²) < 4.78 is 11.0. The molecule has 3 nitrogen and oxygen atoms in total. The van der Waals surface area contributed by atoms with Crippen LogP contribution >= 0.6 is 22.6 Å². The van der Waals surface area contributed by atoms with E-state index >= 15 is 0 Å². The second kappa shape index (κ2) is 4.00. The van der Waals surface area contributed by atoms with Gasteiger partial charge in [0.15, 0.2) is 0 Å². The summed E-state index contributed by atoms with van der Waals surface area (Å²) in [6, 6.07) is 7.72. The minimum Gasteiger partial charge on any atom is -0.496 e. The Morgan fingerprint density at radius 3 is 2.79 bits per heavy atom. The number of rotatable bonds is 2. The van der Waals surface area contributed by atoms with Gasteiger partial charge in [-0.2, -0.15) is 0 Å². The van der Waals surface area contributed by atoms with E-state index in [1.165, 1.54) is 0 Å². The number of nitrogens with zero attached hydrogens (tertiary/aromatic N) is 1. The Balaban J connectivity index is 2.43. The molecule has 4 heteroatoms. The van der Waals surface area contributed by atoms with Gasteiger partial charge >= 0.3 is 0 Å². The summed E-state index contributed by atoms with van der Waals surface area (Å²) in [5.41, 5.74) is 1.87. The summed E-state index contributed by atoms with van der Waals surface area (Å²) in [5.74, 6) is 0.873. The highest BCUT2D eigenvalue weighted by Gasteiger charge is 2.04. The van der Waals surface area contributed by atoms with Crippen LogP contribution in [0.3, 0.4) is 0 Å². The van der Waals surface area contributed by atoms with Gasteiger partial charge in [0.05, 0.1) is 10.7 Å². The Morgan fingerprint density at radius 1 is 1.36 bits per heavy atom. The summed E-state index contributed by atoms with van der Waals surface area (Å²) in [6.07, 6.45) is 1.56. The first-order valence-electron chi connectivity index (χ1n) is 4.05. The molecule has 72 valence electrons. The molecule has 14 heavy (non-hydrogen) atoms. The molecule has 1 aromatic carbocycles. The van der Waals surface area contributed by atoms with Crippen molar-refractivity contribution in [2.24, 2.45) is 0 Å². The van der Waals surface area contributed by atoms with Crippen molar-refractivity contribution in [2.45, 2.75) is 0 Å². The molecule has 0 aliphatic heterocycles. The van der Waals surface area contributed by atoms with Crippen molar-refractivity contribution in [1.29, 1.82) is 0 Å². The van der Waals surface area contributed by atoms with Crippen LogP contribution in [0.25, 0.3) is 11.3 Å². The van der Waals surface area contributed by atoms with Crippen LogP contribution < -0.4 is 4.74 Å². The molecule has 0 aliphatic carbocycles. The third kappa shape index (κ3) is 1.75. The first-order chi connectivity index (χ1) is 6.81. The Hall–Kier alpha value is -1.04. The van der Waals surface area contributed by atoms with Gasteiger partial charge in [-0.3, -0.25) is 0 Å².